The van der Waals surface area contributed by atoms with Crippen LogP contribution in [0.2, 0.25) is 5.02 Å². The van der Waals surface area contributed by atoms with Crippen molar-refractivity contribution in [2.45, 2.75) is 33.6 Å². The number of hydrogen-bond donors (Lipinski definition) is 1. The largest absolute Gasteiger partial charge is 0.324 e. The van der Waals surface area contributed by atoms with Crippen LogP contribution < -0.4 is 10.2 Å². The number of benzene rings is 2. The van der Waals surface area contributed by atoms with E-state index in [4.69, 9.17) is 11.6 Å². The van der Waals surface area contributed by atoms with Crippen LogP contribution in [0.25, 0.3) is 0 Å². The van der Waals surface area contributed by atoms with Gasteiger partial charge in [0.05, 0.1) is 0 Å². The van der Waals surface area contributed by atoms with E-state index in [9.17, 15) is 9.59 Å². The third-order valence-corrected chi connectivity index (χ3v) is 4.48. The molecule has 0 bridgehead atoms. The Bertz CT molecular complexity index is 787. The fraction of sp³-hybridized carbons (Fsp3) is 0.300. The first kappa shape index (κ1) is 19.0. The Hall–Kier alpha value is -2.33. The van der Waals surface area contributed by atoms with E-state index in [1.54, 1.807) is 18.2 Å². The monoisotopic (exact) mass is 358 g/mol. The number of nitrogens with one attached hydrogen (secondary N) is 1. The highest BCUT2D eigenvalue weighted by Crippen LogP contribution is 2.28. The molecule has 2 aromatic carbocycles. The first-order valence-corrected chi connectivity index (χ1v) is 8.61. The van der Waals surface area contributed by atoms with Crippen molar-refractivity contribution in [1.82, 2.24) is 0 Å². The van der Waals surface area contributed by atoms with Crippen LogP contribution in [-0.4, -0.2) is 18.4 Å². The zero-order valence-corrected chi connectivity index (χ0v) is 15.7. The van der Waals surface area contributed by atoms with Gasteiger partial charge in [0.2, 0.25) is 11.8 Å². The molecule has 0 heterocycles. The van der Waals surface area contributed by atoms with Crippen molar-refractivity contribution in [2.75, 3.05) is 16.8 Å². The van der Waals surface area contributed by atoms with Gasteiger partial charge in [0.1, 0.15) is 6.54 Å². The number of amides is 2. The SMILES string of the molecule is CC(=O)N(CC(=O)Nc1cccc(Cl)c1C)c1ccccc1C(C)C. The summed E-state index contributed by atoms with van der Waals surface area (Å²) in [5, 5.41) is 3.43. The Balaban J connectivity index is 2.24. The molecule has 5 heteroatoms. The number of carbonyl (C=O) groups is 2. The first-order valence-electron chi connectivity index (χ1n) is 8.23. The van der Waals surface area contributed by atoms with Crippen molar-refractivity contribution in [3.63, 3.8) is 0 Å². The summed E-state index contributed by atoms with van der Waals surface area (Å²) < 4.78 is 0. The number of rotatable bonds is 5. The van der Waals surface area contributed by atoms with Crippen LogP contribution in [0.1, 0.15) is 37.8 Å². The van der Waals surface area contributed by atoms with Gasteiger partial charge in [-0.1, -0.05) is 49.7 Å². The predicted molar refractivity (Wildman–Crippen MR) is 103 cm³/mol. The molecule has 132 valence electrons. The van der Waals surface area contributed by atoms with Crippen LogP contribution in [0.4, 0.5) is 11.4 Å². The molecule has 0 fully saturated rings. The Morgan fingerprint density at radius 2 is 1.80 bits per heavy atom. The Morgan fingerprint density at radius 1 is 1.12 bits per heavy atom. The minimum absolute atomic E-state index is 0.0506. The molecule has 2 rings (SSSR count). The van der Waals surface area contributed by atoms with Crippen LogP contribution >= 0.6 is 11.6 Å². The van der Waals surface area contributed by atoms with Gasteiger partial charge in [-0.25, -0.2) is 0 Å². The minimum Gasteiger partial charge on any atom is -0.324 e. The fourth-order valence-corrected chi connectivity index (χ4v) is 2.84. The molecule has 1 N–H and O–H groups in total. The van der Waals surface area contributed by atoms with Gasteiger partial charge < -0.3 is 10.2 Å². The van der Waals surface area contributed by atoms with E-state index >= 15 is 0 Å². The molecule has 0 saturated heterocycles. The zero-order valence-electron chi connectivity index (χ0n) is 15.0. The Kier molecular flexibility index (Phi) is 6.21. The molecule has 0 unspecified atom stereocenters. The lowest BCUT2D eigenvalue weighted by Gasteiger charge is -2.25. The lowest BCUT2D eigenvalue weighted by atomic mass is 10.0. The Morgan fingerprint density at radius 3 is 2.44 bits per heavy atom. The van der Waals surface area contributed by atoms with Gasteiger partial charge in [-0.15, -0.1) is 0 Å². The van der Waals surface area contributed by atoms with Crippen LogP contribution in [0, 0.1) is 6.92 Å². The minimum atomic E-state index is -0.265. The second-order valence-corrected chi connectivity index (χ2v) is 6.69. The molecule has 2 aromatic rings. The summed E-state index contributed by atoms with van der Waals surface area (Å²) in [6, 6.07) is 13.0. The highest BCUT2D eigenvalue weighted by molar-refractivity contribution is 6.31. The molecule has 0 spiro atoms. The standard InChI is InChI=1S/C20H23ClN2O2/c1-13(2)16-8-5-6-11-19(16)23(15(4)24)12-20(25)22-18-10-7-9-17(21)14(18)3/h5-11,13H,12H2,1-4H3,(H,22,25). The van der Waals surface area contributed by atoms with Crippen LogP contribution in [-0.2, 0) is 9.59 Å². The van der Waals surface area contributed by atoms with Gasteiger partial charge >= 0.3 is 0 Å². The van der Waals surface area contributed by atoms with E-state index in [0.717, 1.165) is 16.8 Å². The predicted octanol–water partition coefficient (Wildman–Crippen LogP) is 4.76. The van der Waals surface area contributed by atoms with E-state index in [1.165, 1.54) is 11.8 Å². The van der Waals surface area contributed by atoms with E-state index in [-0.39, 0.29) is 24.3 Å². The molecule has 2 amide bonds. The fourth-order valence-electron chi connectivity index (χ4n) is 2.66. The number of hydrogen-bond acceptors (Lipinski definition) is 2. The molecule has 0 atom stereocenters. The van der Waals surface area contributed by atoms with E-state index in [0.29, 0.717) is 10.7 Å². The number of halogens is 1. The quantitative estimate of drug-likeness (QED) is 0.837. The molecule has 0 aliphatic carbocycles. The number of carbonyl (C=O) groups excluding carboxylic acids is 2. The average Bonchev–Trinajstić information content (AvgIpc) is 2.56. The lowest BCUT2D eigenvalue weighted by molar-refractivity contribution is -0.120. The highest BCUT2D eigenvalue weighted by atomic mass is 35.5. The van der Waals surface area contributed by atoms with Crippen molar-refractivity contribution in [3.05, 3.63) is 58.6 Å². The summed E-state index contributed by atoms with van der Waals surface area (Å²) in [5.74, 6) is -0.193. The second-order valence-electron chi connectivity index (χ2n) is 6.28. The number of para-hydroxylation sites is 1. The topological polar surface area (TPSA) is 49.4 Å². The third kappa shape index (κ3) is 4.60. The van der Waals surface area contributed by atoms with Gasteiger partial charge in [0.25, 0.3) is 0 Å². The molecule has 0 aliphatic rings. The van der Waals surface area contributed by atoms with Crippen LogP contribution in [0.3, 0.4) is 0 Å². The van der Waals surface area contributed by atoms with Crippen LogP contribution in [0.5, 0.6) is 0 Å². The van der Waals surface area contributed by atoms with Crippen molar-refractivity contribution < 1.29 is 9.59 Å². The number of anilines is 2. The molecule has 0 aliphatic heterocycles. The zero-order chi connectivity index (χ0) is 18.6. The van der Waals surface area contributed by atoms with Crippen molar-refractivity contribution >= 4 is 34.8 Å². The third-order valence-electron chi connectivity index (χ3n) is 4.07. The smallest absolute Gasteiger partial charge is 0.244 e. The van der Waals surface area contributed by atoms with E-state index in [1.807, 2.05) is 31.2 Å². The maximum atomic E-state index is 12.5. The molecule has 25 heavy (non-hydrogen) atoms. The lowest BCUT2D eigenvalue weighted by Crippen LogP contribution is -2.37. The molecule has 0 saturated carbocycles. The molecule has 0 radical (unpaired) electrons. The summed E-state index contributed by atoms with van der Waals surface area (Å²) >= 11 is 6.09. The normalized spacial score (nSPS) is 10.6. The number of nitrogens with zero attached hydrogens (tertiary/aromatic N) is 1. The van der Waals surface area contributed by atoms with Gasteiger partial charge in [0, 0.05) is 23.3 Å². The Labute approximate surface area is 153 Å². The highest BCUT2D eigenvalue weighted by Gasteiger charge is 2.20. The van der Waals surface area contributed by atoms with Crippen molar-refractivity contribution in [1.29, 1.82) is 0 Å². The molecular formula is C20H23ClN2O2. The van der Waals surface area contributed by atoms with Gasteiger partial charge in [-0.2, -0.15) is 0 Å². The summed E-state index contributed by atoms with van der Waals surface area (Å²) in [6.45, 7) is 7.38. The summed E-state index contributed by atoms with van der Waals surface area (Å²) in [7, 11) is 0. The van der Waals surface area contributed by atoms with Crippen molar-refractivity contribution in [3.8, 4) is 0 Å². The van der Waals surface area contributed by atoms with Gasteiger partial charge in [-0.05, 0) is 42.2 Å². The second kappa shape index (κ2) is 8.17. The summed E-state index contributed by atoms with van der Waals surface area (Å²) in [4.78, 5) is 26.2. The maximum absolute atomic E-state index is 12.5. The van der Waals surface area contributed by atoms with Crippen LogP contribution in [0.15, 0.2) is 42.5 Å². The first-order chi connectivity index (χ1) is 11.8. The average molecular weight is 359 g/mol. The summed E-state index contributed by atoms with van der Waals surface area (Å²) in [6.07, 6.45) is 0. The molecule has 0 aromatic heterocycles. The molecular weight excluding hydrogens is 336 g/mol. The van der Waals surface area contributed by atoms with E-state index < -0.39 is 0 Å². The summed E-state index contributed by atoms with van der Waals surface area (Å²) in [5.41, 5.74) is 3.25. The maximum Gasteiger partial charge on any atom is 0.244 e. The van der Waals surface area contributed by atoms with Gasteiger partial charge in [-0.3, -0.25) is 9.59 Å². The van der Waals surface area contributed by atoms with Crippen molar-refractivity contribution in [2.24, 2.45) is 0 Å². The van der Waals surface area contributed by atoms with Gasteiger partial charge in [0.15, 0.2) is 0 Å². The molecule has 4 nitrogen and oxygen atoms in total. The van der Waals surface area contributed by atoms with E-state index in [2.05, 4.69) is 19.2 Å².